The Hall–Kier alpha value is -2.89. The first-order valence-electron chi connectivity index (χ1n) is 8.71. The van der Waals surface area contributed by atoms with E-state index >= 15 is 0 Å². The summed E-state index contributed by atoms with van der Waals surface area (Å²) < 4.78 is 6.80. The number of hydrogen-bond acceptors (Lipinski definition) is 5. The van der Waals surface area contributed by atoms with Crippen LogP contribution in [0.4, 0.5) is 11.4 Å². The third-order valence-corrected chi connectivity index (χ3v) is 4.23. The standard InChI is InChI=1S/C20H27N4O2/c1-6-24(7-2)18-10-8-17(9-11-18)23(4)21-19(20(25)26-5)16-12-14-22(3)15-13-16/h8-15H,6-7H2,1-5H3/q+1. The zero-order valence-corrected chi connectivity index (χ0v) is 16.1. The number of aryl methyl sites for hydroxylation is 1. The highest BCUT2D eigenvalue weighted by Crippen LogP contribution is 2.20. The molecule has 138 valence electrons. The van der Waals surface area contributed by atoms with Gasteiger partial charge in [0.1, 0.15) is 7.05 Å². The predicted octanol–water partition coefficient (Wildman–Crippen LogP) is 2.37. The van der Waals surface area contributed by atoms with Gasteiger partial charge in [-0.05, 0) is 38.1 Å². The van der Waals surface area contributed by atoms with Crippen LogP contribution in [0, 0.1) is 0 Å². The van der Waals surface area contributed by atoms with E-state index in [4.69, 9.17) is 4.74 Å². The van der Waals surface area contributed by atoms with Crippen LogP contribution < -0.4 is 14.5 Å². The number of aromatic nitrogens is 1. The summed E-state index contributed by atoms with van der Waals surface area (Å²) in [7, 11) is 5.10. The number of benzene rings is 1. The van der Waals surface area contributed by atoms with Crippen LogP contribution >= 0.6 is 0 Å². The molecule has 0 aliphatic rings. The maximum atomic E-state index is 12.2. The molecule has 0 spiro atoms. The summed E-state index contributed by atoms with van der Waals surface area (Å²) in [6, 6.07) is 11.8. The largest absolute Gasteiger partial charge is 0.464 e. The summed E-state index contributed by atoms with van der Waals surface area (Å²) in [4.78, 5) is 14.5. The number of hydrazone groups is 1. The van der Waals surface area contributed by atoms with Crippen molar-refractivity contribution in [1.82, 2.24) is 0 Å². The highest BCUT2D eigenvalue weighted by atomic mass is 16.5. The van der Waals surface area contributed by atoms with Gasteiger partial charge in [-0.15, -0.1) is 0 Å². The lowest BCUT2D eigenvalue weighted by Gasteiger charge is -2.22. The van der Waals surface area contributed by atoms with Crippen molar-refractivity contribution in [2.24, 2.45) is 12.1 Å². The van der Waals surface area contributed by atoms with Crippen molar-refractivity contribution in [3.63, 3.8) is 0 Å². The van der Waals surface area contributed by atoms with Gasteiger partial charge in [0, 0.05) is 43.5 Å². The van der Waals surface area contributed by atoms with E-state index in [-0.39, 0.29) is 5.71 Å². The SMILES string of the molecule is CCN(CC)c1ccc(N(C)/N=C(\C(=O)OC)c2cc[n+](C)cc2)cc1. The van der Waals surface area contributed by atoms with Crippen molar-refractivity contribution in [2.45, 2.75) is 13.8 Å². The van der Waals surface area contributed by atoms with Crippen molar-refractivity contribution in [1.29, 1.82) is 0 Å². The summed E-state index contributed by atoms with van der Waals surface area (Å²) in [5.41, 5.74) is 3.04. The van der Waals surface area contributed by atoms with Gasteiger partial charge in [0.25, 0.3) is 0 Å². The molecule has 2 rings (SSSR count). The van der Waals surface area contributed by atoms with Crippen LogP contribution in [0.2, 0.25) is 0 Å². The molecular formula is C20H27N4O2+. The number of anilines is 2. The lowest BCUT2D eigenvalue weighted by molar-refractivity contribution is -0.671. The number of pyridine rings is 1. The van der Waals surface area contributed by atoms with Crippen molar-refractivity contribution < 1.29 is 14.1 Å². The molecule has 0 atom stereocenters. The molecule has 0 radical (unpaired) electrons. The van der Waals surface area contributed by atoms with Crippen molar-refractivity contribution in [2.75, 3.05) is 37.2 Å². The molecule has 2 aromatic rings. The average molecular weight is 355 g/mol. The minimum Gasteiger partial charge on any atom is -0.464 e. The summed E-state index contributed by atoms with van der Waals surface area (Å²) in [5.74, 6) is -0.467. The molecule has 0 bridgehead atoms. The molecule has 0 N–H and O–H groups in total. The third-order valence-electron chi connectivity index (χ3n) is 4.23. The Morgan fingerprint density at radius 2 is 1.58 bits per heavy atom. The highest BCUT2D eigenvalue weighted by molar-refractivity contribution is 6.43. The minimum atomic E-state index is -0.467. The Bertz CT molecular complexity index is 750. The first-order valence-corrected chi connectivity index (χ1v) is 8.71. The van der Waals surface area contributed by atoms with E-state index in [1.807, 2.05) is 55.3 Å². The van der Waals surface area contributed by atoms with E-state index in [9.17, 15) is 4.79 Å². The van der Waals surface area contributed by atoms with Crippen molar-refractivity contribution in [3.05, 3.63) is 54.4 Å². The molecule has 0 amide bonds. The maximum absolute atomic E-state index is 12.2. The van der Waals surface area contributed by atoms with Gasteiger partial charge in [0.15, 0.2) is 18.1 Å². The van der Waals surface area contributed by atoms with Crippen LogP contribution in [0.25, 0.3) is 0 Å². The molecule has 0 unspecified atom stereocenters. The third kappa shape index (κ3) is 4.59. The first-order chi connectivity index (χ1) is 12.5. The van der Waals surface area contributed by atoms with Gasteiger partial charge < -0.3 is 9.64 Å². The lowest BCUT2D eigenvalue weighted by atomic mass is 10.1. The first kappa shape index (κ1) is 19.4. The number of carbonyl (C=O) groups is 1. The van der Waals surface area contributed by atoms with Gasteiger partial charge in [0.2, 0.25) is 0 Å². The maximum Gasteiger partial charge on any atom is 0.359 e. The van der Waals surface area contributed by atoms with Gasteiger partial charge in [-0.2, -0.15) is 5.10 Å². The molecule has 1 heterocycles. The van der Waals surface area contributed by atoms with Crippen LogP contribution in [-0.4, -0.2) is 38.9 Å². The molecule has 0 saturated heterocycles. The molecular weight excluding hydrogens is 328 g/mol. The smallest absolute Gasteiger partial charge is 0.359 e. The molecule has 0 fully saturated rings. The number of methoxy groups -OCH3 is 1. The fourth-order valence-corrected chi connectivity index (χ4v) is 2.65. The zero-order valence-electron chi connectivity index (χ0n) is 16.1. The van der Waals surface area contributed by atoms with E-state index in [1.165, 1.54) is 12.8 Å². The second-order valence-corrected chi connectivity index (χ2v) is 5.90. The second-order valence-electron chi connectivity index (χ2n) is 5.90. The number of ether oxygens (including phenoxy) is 1. The van der Waals surface area contributed by atoms with Crippen LogP contribution in [-0.2, 0) is 16.6 Å². The van der Waals surface area contributed by atoms with Crippen LogP contribution in [0.15, 0.2) is 53.9 Å². The Morgan fingerprint density at radius 1 is 1.04 bits per heavy atom. The fraction of sp³-hybridized carbons (Fsp3) is 0.350. The predicted molar refractivity (Wildman–Crippen MR) is 105 cm³/mol. The normalized spacial score (nSPS) is 11.2. The van der Waals surface area contributed by atoms with Gasteiger partial charge >= 0.3 is 5.97 Å². The number of hydrogen-bond donors (Lipinski definition) is 0. The topological polar surface area (TPSA) is 49.0 Å². The van der Waals surface area contributed by atoms with Crippen LogP contribution in [0.5, 0.6) is 0 Å². The van der Waals surface area contributed by atoms with Gasteiger partial charge in [-0.25, -0.2) is 9.36 Å². The Balaban J connectivity index is 2.31. The molecule has 0 aliphatic heterocycles. The highest BCUT2D eigenvalue weighted by Gasteiger charge is 2.17. The Morgan fingerprint density at radius 3 is 2.08 bits per heavy atom. The number of carbonyl (C=O) groups excluding carboxylic acids is 1. The van der Waals surface area contributed by atoms with E-state index < -0.39 is 5.97 Å². The molecule has 1 aromatic carbocycles. The molecule has 6 heteroatoms. The van der Waals surface area contributed by atoms with E-state index in [2.05, 4.69) is 36.0 Å². The molecule has 1 aromatic heterocycles. The zero-order chi connectivity index (χ0) is 19.1. The fourth-order valence-electron chi connectivity index (χ4n) is 2.65. The molecule has 6 nitrogen and oxygen atoms in total. The van der Waals surface area contributed by atoms with Gasteiger partial charge in [-0.3, -0.25) is 5.01 Å². The summed E-state index contributed by atoms with van der Waals surface area (Å²) >= 11 is 0. The second kappa shape index (κ2) is 8.99. The molecule has 0 saturated carbocycles. The number of rotatable bonds is 7. The quantitative estimate of drug-likeness (QED) is 0.331. The summed E-state index contributed by atoms with van der Waals surface area (Å²) in [5, 5.41) is 6.17. The van der Waals surface area contributed by atoms with E-state index in [0.29, 0.717) is 5.56 Å². The molecule has 0 aliphatic carbocycles. The van der Waals surface area contributed by atoms with Crippen LogP contribution in [0.3, 0.4) is 0 Å². The van der Waals surface area contributed by atoms with E-state index in [1.54, 1.807) is 5.01 Å². The Labute approximate surface area is 155 Å². The van der Waals surface area contributed by atoms with E-state index in [0.717, 1.165) is 18.8 Å². The number of nitrogens with zero attached hydrogens (tertiary/aromatic N) is 4. The Kier molecular flexibility index (Phi) is 6.72. The van der Waals surface area contributed by atoms with Gasteiger partial charge in [0.05, 0.1) is 12.8 Å². The molecule has 26 heavy (non-hydrogen) atoms. The summed E-state index contributed by atoms with van der Waals surface area (Å²) in [6.45, 7) is 6.19. The summed E-state index contributed by atoms with van der Waals surface area (Å²) in [6.07, 6.45) is 3.74. The lowest BCUT2D eigenvalue weighted by Crippen LogP contribution is -2.28. The van der Waals surface area contributed by atoms with Gasteiger partial charge in [-0.1, -0.05) is 0 Å². The van der Waals surface area contributed by atoms with Crippen LogP contribution in [0.1, 0.15) is 19.4 Å². The van der Waals surface area contributed by atoms with Crippen molar-refractivity contribution in [3.8, 4) is 0 Å². The van der Waals surface area contributed by atoms with Crippen molar-refractivity contribution >= 4 is 23.1 Å². The average Bonchev–Trinajstić information content (AvgIpc) is 2.67. The monoisotopic (exact) mass is 355 g/mol. The minimum absolute atomic E-state index is 0.267. The number of esters is 1.